The van der Waals surface area contributed by atoms with Crippen LogP contribution in [-0.2, 0) is 43.1 Å². The Morgan fingerprint density at radius 2 is 1.05 bits per heavy atom. The van der Waals surface area contributed by atoms with Crippen LogP contribution in [0.1, 0.15) is 16.7 Å². The lowest BCUT2D eigenvalue weighted by atomic mass is 10.1. The molecule has 0 amide bonds. The third-order valence-electron chi connectivity index (χ3n) is 6.66. The van der Waals surface area contributed by atoms with Crippen molar-refractivity contribution in [2.45, 2.75) is 43.3 Å². The molecule has 1 aliphatic rings. The molecule has 0 N–H and O–H groups in total. The number of benzene rings is 4. The van der Waals surface area contributed by atoms with Gasteiger partial charge in [-0.1, -0.05) is 109 Å². The van der Waals surface area contributed by atoms with Crippen LogP contribution in [-0.4, -0.2) is 30.0 Å². The number of rotatable bonds is 11. The predicted octanol–water partition coefficient (Wildman–Crippen LogP) is 6.94. The number of hydrogen-bond acceptors (Lipinski definition) is 5. The number of alkyl halides is 1. The zero-order chi connectivity index (χ0) is 26.9. The van der Waals surface area contributed by atoms with E-state index in [1.54, 1.807) is 12.1 Å². The van der Waals surface area contributed by atoms with Gasteiger partial charge in [0.1, 0.15) is 23.4 Å². The smallest absolute Gasteiger partial charge is 0.252 e. The molecule has 5 atom stereocenters. The molecule has 0 spiro atoms. The van der Waals surface area contributed by atoms with Crippen LogP contribution in [0.25, 0.3) is 0 Å². The maximum Gasteiger partial charge on any atom is 0.252 e. The van der Waals surface area contributed by atoms with Gasteiger partial charge in [0.2, 0.25) is 0 Å². The Balaban J connectivity index is 1.43. The summed E-state index contributed by atoms with van der Waals surface area (Å²) in [5.74, 6) is 0. The molecule has 4 aromatic carbocycles. The van der Waals surface area contributed by atoms with Crippen LogP contribution in [0.2, 0.25) is 0 Å². The quantitative estimate of drug-likeness (QED) is 0.146. The molecular formula is C32H32ClO5P. The predicted molar refractivity (Wildman–Crippen MR) is 154 cm³/mol. The van der Waals surface area contributed by atoms with Crippen molar-refractivity contribution in [1.82, 2.24) is 0 Å². The zero-order valence-corrected chi connectivity index (χ0v) is 23.2. The lowest BCUT2D eigenvalue weighted by Gasteiger charge is -2.44. The molecule has 1 saturated heterocycles. The highest BCUT2D eigenvalue weighted by molar-refractivity contribution is 7.69. The van der Waals surface area contributed by atoms with Gasteiger partial charge in [-0.05, 0) is 28.8 Å². The molecule has 0 aliphatic carbocycles. The third kappa shape index (κ3) is 7.06. The summed E-state index contributed by atoms with van der Waals surface area (Å²) in [4.78, 5) is 0. The van der Waals surface area contributed by atoms with Gasteiger partial charge in [0.25, 0.3) is 7.37 Å². The largest absolute Gasteiger partial charge is 0.374 e. The molecule has 1 aliphatic heterocycles. The van der Waals surface area contributed by atoms with E-state index in [0.29, 0.717) is 25.1 Å². The van der Waals surface area contributed by atoms with E-state index in [9.17, 15) is 4.57 Å². The number of halogens is 1. The fourth-order valence-electron chi connectivity index (χ4n) is 4.62. The lowest BCUT2D eigenvalue weighted by Crippen LogP contribution is -2.53. The van der Waals surface area contributed by atoms with E-state index in [-0.39, 0.29) is 6.61 Å². The molecule has 7 heteroatoms. The second-order valence-electron chi connectivity index (χ2n) is 9.47. The Bertz CT molecular complexity index is 1320. The van der Waals surface area contributed by atoms with Gasteiger partial charge >= 0.3 is 0 Å². The van der Waals surface area contributed by atoms with Gasteiger partial charge in [-0.2, -0.15) is 0 Å². The standard InChI is InChI=1S/C32H32ClO5P/c33-32-31(37-23-27-17-9-3-10-18-27)30(36-22-26-15-7-2-8-16-26)29(24-35-21-25-13-5-1-6-14-25)38-39(32,34)28-19-11-4-12-20-28/h1-20,29-32H,21-24H2/t29-,30-,31+,32-,39+/m1/s1. The van der Waals surface area contributed by atoms with Crippen molar-refractivity contribution in [2.75, 3.05) is 6.61 Å². The Morgan fingerprint density at radius 3 is 1.56 bits per heavy atom. The maximum absolute atomic E-state index is 14.5. The van der Waals surface area contributed by atoms with E-state index in [4.69, 9.17) is 30.3 Å². The maximum atomic E-state index is 14.5. The van der Waals surface area contributed by atoms with Crippen LogP contribution in [0.5, 0.6) is 0 Å². The molecule has 1 fully saturated rings. The average Bonchev–Trinajstić information content (AvgIpc) is 2.99. The van der Waals surface area contributed by atoms with Gasteiger partial charge in [0.15, 0.2) is 0 Å². The first-order chi connectivity index (χ1) is 19.1. The van der Waals surface area contributed by atoms with E-state index in [0.717, 1.165) is 16.7 Å². The first-order valence-corrected chi connectivity index (χ1v) is 15.2. The first kappa shape index (κ1) is 27.8. The van der Waals surface area contributed by atoms with Crippen molar-refractivity contribution in [3.8, 4) is 0 Å². The SMILES string of the molecule is O=[P@@]1(c2ccccc2)O[C@H](COCc2ccccc2)[C@@H](OCc2ccccc2)[C@H](OCc2ccccc2)[C@@H]1Cl. The summed E-state index contributed by atoms with van der Waals surface area (Å²) in [5, 5.41) is -0.400. The molecule has 0 aromatic heterocycles. The Morgan fingerprint density at radius 1 is 0.615 bits per heavy atom. The third-order valence-corrected chi connectivity index (χ3v) is 10.2. The van der Waals surface area contributed by atoms with Crippen LogP contribution in [0.3, 0.4) is 0 Å². The summed E-state index contributed by atoms with van der Waals surface area (Å²) in [6.45, 7) is 1.18. The molecule has 5 nitrogen and oxygen atoms in total. The molecular weight excluding hydrogens is 531 g/mol. The van der Waals surface area contributed by atoms with Crippen molar-refractivity contribution < 1.29 is 23.3 Å². The lowest BCUT2D eigenvalue weighted by molar-refractivity contribution is -0.147. The molecule has 1 heterocycles. The number of ether oxygens (including phenoxy) is 3. The summed E-state index contributed by atoms with van der Waals surface area (Å²) < 4.78 is 39.9. The average molecular weight is 563 g/mol. The molecule has 0 saturated carbocycles. The molecule has 39 heavy (non-hydrogen) atoms. The topological polar surface area (TPSA) is 54.0 Å². The van der Waals surface area contributed by atoms with Crippen LogP contribution >= 0.6 is 19.0 Å². The van der Waals surface area contributed by atoms with Crippen LogP contribution < -0.4 is 5.30 Å². The zero-order valence-electron chi connectivity index (χ0n) is 21.6. The number of hydrogen-bond donors (Lipinski definition) is 0. The van der Waals surface area contributed by atoms with Gasteiger partial charge in [-0.15, -0.1) is 11.6 Å². The summed E-state index contributed by atoms with van der Waals surface area (Å²) in [6, 6.07) is 38.8. The molecule has 0 radical (unpaired) electrons. The van der Waals surface area contributed by atoms with E-state index in [2.05, 4.69) is 0 Å². The molecule has 0 unspecified atom stereocenters. The fraction of sp³-hybridized carbons (Fsp3) is 0.250. The minimum atomic E-state index is -3.56. The van der Waals surface area contributed by atoms with Crippen molar-refractivity contribution in [1.29, 1.82) is 0 Å². The van der Waals surface area contributed by atoms with Crippen LogP contribution in [0.4, 0.5) is 0 Å². The van der Waals surface area contributed by atoms with Gasteiger partial charge in [-0.3, -0.25) is 4.57 Å². The van der Waals surface area contributed by atoms with Gasteiger partial charge in [0.05, 0.1) is 26.4 Å². The highest BCUT2D eigenvalue weighted by atomic mass is 35.5. The second kappa shape index (κ2) is 13.5. The van der Waals surface area contributed by atoms with Gasteiger partial charge < -0.3 is 18.7 Å². The Hall–Kier alpha value is -2.76. The molecule has 0 bridgehead atoms. The van der Waals surface area contributed by atoms with E-state index in [1.807, 2.05) is 109 Å². The van der Waals surface area contributed by atoms with E-state index < -0.39 is 30.8 Å². The first-order valence-electron chi connectivity index (χ1n) is 13.0. The van der Waals surface area contributed by atoms with Gasteiger partial charge in [0, 0.05) is 5.30 Å². The monoisotopic (exact) mass is 562 g/mol. The summed E-state index contributed by atoms with van der Waals surface area (Å²) in [5.41, 5.74) is 3.03. The minimum Gasteiger partial charge on any atom is -0.374 e. The molecule has 202 valence electrons. The van der Waals surface area contributed by atoms with Crippen LogP contribution in [0, 0.1) is 0 Å². The van der Waals surface area contributed by atoms with Crippen molar-refractivity contribution in [3.05, 3.63) is 138 Å². The van der Waals surface area contributed by atoms with Crippen molar-refractivity contribution in [3.63, 3.8) is 0 Å². The fourth-order valence-corrected chi connectivity index (χ4v) is 7.65. The molecule has 4 aromatic rings. The normalized spacial score (nSPS) is 24.8. The highest BCUT2D eigenvalue weighted by Gasteiger charge is 2.54. The summed E-state index contributed by atoms with van der Waals surface area (Å²) >= 11 is 7.03. The minimum absolute atomic E-state index is 0.167. The van der Waals surface area contributed by atoms with Crippen molar-refractivity contribution >= 4 is 24.3 Å². The Labute approximate surface area is 235 Å². The molecule has 5 rings (SSSR count). The highest BCUT2D eigenvalue weighted by Crippen LogP contribution is 2.59. The van der Waals surface area contributed by atoms with E-state index >= 15 is 0 Å². The summed E-state index contributed by atoms with van der Waals surface area (Å²) in [6.07, 6.45) is -1.99. The van der Waals surface area contributed by atoms with E-state index in [1.165, 1.54) is 0 Å². The van der Waals surface area contributed by atoms with Gasteiger partial charge in [-0.25, -0.2) is 0 Å². The van der Waals surface area contributed by atoms with Crippen molar-refractivity contribution in [2.24, 2.45) is 0 Å². The second-order valence-corrected chi connectivity index (χ2v) is 12.7. The Kier molecular flexibility index (Phi) is 9.65. The summed E-state index contributed by atoms with van der Waals surface area (Å²) in [7, 11) is -3.56. The van der Waals surface area contributed by atoms with Crippen LogP contribution in [0.15, 0.2) is 121 Å².